The number of hydrogen-bond donors (Lipinski definition) is 2. The first-order chi connectivity index (χ1) is 8.56. The van der Waals surface area contributed by atoms with Crippen molar-refractivity contribution in [1.82, 2.24) is 4.98 Å². The minimum absolute atomic E-state index is 0.0172. The van der Waals surface area contributed by atoms with Crippen LogP contribution >= 0.6 is 0 Å². The second kappa shape index (κ2) is 6.99. The first-order valence-electron chi connectivity index (χ1n) is 6.51. The van der Waals surface area contributed by atoms with Gasteiger partial charge in [0.15, 0.2) is 0 Å². The summed E-state index contributed by atoms with van der Waals surface area (Å²) in [6, 6.07) is 1.92. The maximum Gasteiger partial charge on any atom is 0.224 e. The van der Waals surface area contributed by atoms with Gasteiger partial charge in [-0.15, -0.1) is 0 Å². The maximum atomic E-state index is 7.59. The highest BCUT2D eigenvalue weighted by atomic mass is 16.5. The molecule has 0 unspecified atom stereocenters. The molecule has 0 amide bonds. The van der Waals surface area contributed by atoms with Gasteiger partial charge in [0.05, 0.1) is 12.2 Å². The molecule has 100 valence electrons. The summed E-state index contributed by atoms with van der Waals surface area (Å²) < 4.78 is 5.67. The normalized spacial score (nSPS) is 10.4. The number of hydrogen-bond acceptors (Lipinski definition) is 3. The maximum absolute atomic E-state index is 7.59. The van der Waals surface area contributed by atoms with E-state index in [2.05, 4.69) is 11.9 Å². The molecule has 0 spiro atoms. The van der Waals surface area contributed by atoms with Gasteiger partial charge in [-0.05, 0) is 31.9 Å². The highest BCUT2D eigenvalue weighted by Gasteiger charge is 2.12. The molecule has 0 aliphatic carbocycles. The average molecular weight is 249 g/mol. The Morgan fingerprint density at radius 3 is 2.67 bits per heavy atom. The first kappa shape index (κ1) is 14.5. The van der Waals surface area contributed by atoms with Crippen LogP contribution in [0, 0.1) is 19.3 Å². The van der Waals surface area contributed by atoms with Crippen molar-refractivity contribution < 1.29 is 4.74 Å². The number of amidine groups is 1. The van der Waals surface area contributed by atoms with Gasteiger partial charge in [-0.3, -0.25) is 5.41 Å². The van der Waals surface area contributed by atoms with Crippen LogP contribution in [0.1, 0.15) is 49.4 Å². The molecule has 3 N–H and O–H groups in total. The number of nitrogens with two attached hydrogens (primary N) is 1. The predicted octanol–water partition coefficient (Wildman–Crippen LogP) is 2.94. The molecule has 0 aromatic carbocycles. The molecule has 1 aromatic rings. The fourth-order valence-electron chi connectivity index (χ4n) is 1.93. The zero-order valence-corrected chi connectivity index (χ0v) is 11.5. The summed E-state index contributed by atoms with van der Waals surface area (Å²) in [6.45, 7) is 6.66. The van der Waals surface area contributed by atoms with E-state index in [-0.39, 0.29) is 5.84 Å². The molecule has 4 heteroatoms. The number of unbranched alkanes of at least 4 members (excludes halogenated alkanes) is 3. The van der Waals surface area contributed by atoms with Gasteiger partial charge in [0.1, 0.15) is 5.84 Å². The van der Waals surface area contributed by atoms with Gasteiger partial charge in [-0.1, -0.05) is 26.2 Å². The van der Waals surface area contributed by atoms with Crippen LogP contribution in [0.15, 0.2) is 6.07 Å². The third-order valence-corrected chi connectivity index (χ3v) is 2.82. The Balaban J connectivity index is 2.71. The quantitative estimate of drug-likeness (QED) is 0.443. The van der Waals surface area contributed by atoms with Gasteiger partial charge in [0, 0.05) is 5.69 Å². The van der Waals surface area contributed by atoms with E-state index >= 15 is 0 Å². The van der Waals surface area contributed by atoms with Crippen molar-refractivity contribution in [3.05, 3.63) is 22.9 Å². The van der Waals surface area contributed by atoms with Gasteiger partial charge in [-0.25, -0.2) is 4.98 Å². The third-order valence-electron chi connectivity index (χ3n) is 2.82. The molecule has 0 aliphatic rings. The van der Waals surface area contributed by atoms with Gasteiger partial charge < -0.3 is 10.5 Å². The van der Waals surface area contributed by atoms with Crippen LogP contribution in [0.4, 0.5) is 0 Å². The van der Waals surface area contributed by atoms with Crippen molar-refractivity contribution >= 4 is 5.84 Å². The third kappa shape index (κ3) is 4.02. The van der Waals surface area contributed by atoms with E-state index in [1.165, 1.54) is 12.8 Å². The molecule has 0 bridgehead atoms. The SMILES string of the molecule is CCCCCCOc1nc(C)cc(C)c1C(=N)N. The molecule has 1 aromatic heterocycles. The van der Waals surface area contributed by atoms with Gasteiger partial charge in [-0.2, -0.15) is 0 Å². The fraction of sp³-hybridized carbons (Fsp3) is 0.571. The van der Waals surface area contributed by atoms with Gasteiger partial charge >= 0.3 is 0 Å². The molecular weight excluding hydrogens is 226 g/mol. The zero-order chi connectivity index (χ0) is 13.5. The van der Waals surface area contributed by atoms with Crippen LogP contribution in [0.5, 0.6) is 5.88 Å². The fourth-order valence-corrected chi connectivity index (χ4v) is 1.93. The Morgan fingerprint density at radius 2 is 2.06 bits per heavy atom. The van der Waals surface area contributed by atoms with Crippen LogP contribution in [-0.4, -0.2) is 17.4 Å². The molecule has 0 aliphatic heterocycles. The van der Waals surface area contributed by atoms with E-state index in [9.17, 15) is 0 Å². The second-order valence-corrected chi connectivity index (χ2v) is 4.58. The van der Waals surface area contributed by atoms with Gasteiger partial charge in [0.2, 0.25) is 5.88 Å². The molecule has 0 radical (unpaired) electrons. The second-order valence-electron chi connectivity index (χ2n) is 4.58. The lowest BCUT2D eigenvalue weighted by Crippen LogP contribution is -2.16. The van der Waals surface area contributed by atoms with E-state index in [0.29, 0.717) is 18.1 Å². The van der Waals surface area contributed by atoms with Gasteiger partial charge in [0.25, 0.3) is 0 Å². The number of pyridine rings is 1. The topological polar surface area (TPSA) is 72.0 Å². The molecular formula is C14H23N3O. The van der Waals surface area contributed by atoms with Crippen molar-refractivity contribution in [3.63, 3.8) is 0 Å². The van der Waals surface area contributed by atoms with Crippen LogP contribution in [0.25, 0.3) is 0 Å². The van der Waals surface area contributed by atoms with E-state index < -0.39 is 0 Å². The minimum atomic E-state index is 0.0172. The molecule has 0 saturated heterocycles. The molecule has 0 fully saturated rings. The largest absolute Gasteiger partial charge is 0.477 e. The van der Waals surface area contributed by atoms with E-state index in [0.717, 1.165) is 24.1 Å². The highest BCUT2D eigenvalue weighted by Crippen LogP contribution is 2.20. The number of nitrogens with zero attached hydrogens (tertiary/aromatic N) is 1. The molecule has 1 heterocycles. The van der Waals surface area contributed by atoms with E-state index in [1.54, 1.807) is 0 Å². The summed E-state index contributed by atoms with van der Waals surface area (Å²) in [4.78, 5) is 4.33. The summed E-state index contributed by atoms with van der Waals surface area (Å²) in [5.41, 5.74) is 8.04. The lowest BCUT2D eigenvalue weighted by atomic mass is 10.1. The van der Waals surface area contributed by atoms with E-state index in [1.807, 2.05) is 19.9 Å². The van der Waals surface area contributed by atoms with Crippen molar-refractivity contribution in [2.45, 2.75) is 46.5 Å². The number of nitrogen functional groups attached to an aromatic ring is 1. The summed E-state index contributed by atoms with van der Waals surface area (Å²) in [5, 5.41) is 7.59. The highest BCUT2D eigenvalue weighted by molar-refractivity contribution is 5.98. The van der Waals surface area contributed by atoms with Crippen molar-refractivity contribution in [2.75, 3.05) is 6.61 Å². The summed E-state index contributed by atoms with van der Waals surface area (Å²) >= 11 is 0. The van der Waals surface area contributed by atoms with Crippen LogP contribution < -0.4 is 10.5 Å². The summed E-state index contributed by atoms with van der Waals surface area (Å²) in [6.07, 6.45) is 4.61. The number of aryl methyl sites for hydroxylation is 2. The summed E-state index contributed by atoms with van der Waals surface area (Å²) in [5.74, 6) is 0.514. The summed E-state index contributed by atoms with van der Waals surface area (Å²) in [7, 11) is 0. The molecule has 0 atom stereocenters. The van der Waals surface area contributed by atoms with Crippen molar-refractivity contribution in [1.29, 1.82) is 5.41 Å². The monoisotopic (exact) mass is 249 g/mol. The smallest absolute Gasteiger partial charge is 0.224 e. The number of rotatable bonds is 7. The Kier molecular flexibility index (Phi) is 5.62. The van der Waals surface area contributed by atoms with E-state index in [4.69, 9.17) is 15.9 Å². The van der Waals surface area contributed by atoms with Crippen molar-refractivity contribution in [3.8, 4) is 5.88 Å². The Hall–Kier alpha value is -1.58. The Bertz CT molecular complexity index is 416. The first-order valence-corrected chi connectivity index (χ1v) is 6.51. The lowest BCUT2D eigenvalue weighted by molar-refractivity contribution is 0.292. The number of ether oxygens (including phenoxy) is 1. The van der Waals surface area contributed by atoms with Crippen LogP contribution in [0.2, 0.25) is 0 Å². The lowest BCUT2D eigenvalue weighted by Gasteiger charge is -2.12. The van der Waals surface area contributed by atoms with Crippen LogP contribution in [-0.2, 0) is 0 Å². The van der Waals surface area contributed by atoms with Crippen LogP contribution in [0.3, 0.4) is 0 Å². The average Bonchev–Trinajstić information content (AvgIpc) is 2.27. The van der Waals surface area contributed by atoms with Crippen molar-refractivity contribution in [2.24, 2.45) is 5.73 Å². The molecule has 4 nitrogen and oxygen atoms in total. The minimum Gasteiger partial charge on any atom is -0.477 e. The number of nitrogens with one attached hydrogen (secondary N) is 1. The Labute approximate surface area is 109 Å². The zero-order valence-electron chi connectivity index (χ0n) is 11.5. The molecule has 1 rings (SSSR count). The molecule has 18 heavy (non-hydrogen) atoms. The molecule has 0 saturated carbocycles. The Morgan fingerprint density at radius 1 is 1.33 bits per heavy atom. The predicted molar refractivity (Wildman–Crippen MR) is 74.4 cm³/mol. The standard InChI is InChI=1S/C14H23N3O/c1-4-5-6-7-8-18-14-12(13(15)16)10(2)9-11(3)17-14/h9H,4-8H2,1-3H3,(H3,15,16). The number of aromatic nitrogens is 1.